The van der Waals surface area contributed by atoms with Crippen LogP contribution in [0.4, 0.5) is 0 Å². The highest BCUT2D eigenvalue weighted by molar-refractivity contribution is 5.20. The topological polar surface area (TPSA) is 43.8 Å². The monoisotopic (exact) mass is 179 g/mol. The predicted molar refractivity (Wildman–Crippen MR) is 52.6 cm³/mol. The highest BCUT2D eigenvalue weighted by atomic mass is 15.0. The second-order valence-corrected chi connectivity index (χ2v) is 3.85. The van der Waals surface area contributed by atoms with Crippen LogP contribution in [0.25, 0.3) is 0 Å². The van der Waals surface area contributed by atoms with E-state index in [1.807, 2.05) is 6.33 Å². The van der Waals surface area contributed by atoms with Gasteiger partial charge in [-0.15, -0.1) is 0 Å². The van der Waals surface area contributed by atoms with E-state index in [1.54, 1.807) is 0 Å². The fourth-order valence-electron chi connectivity index (χ4n) is 2.25. The van der Waals surface area contributed by atoms with E-state index in [-0.39, 0.29) is 0 Å². The van der Waals surface area contributed by atoms with Crippen LogP contribution in [0.1, 0.15) is 36.6 Å². The summed E-state index contributed by atoms with van der Waals surface area (Å²) < 4.78 is 2.15. The van der Waals surface area contributed by atoms with Crippen molar-refractivity contribution >= 4 is 0 Å². The van der Waals surface area contributed by atoms with Crippen molar-refractivity contribution in [2.45, 2.75) is 31.6 Å². The first-order valence-corrected chi connectivity index (χ1v) is 5.03. The number of hydrogen-bond acceptors (Lipinski definition) is 2. The Hall–Kier alpha value is -0.830. The number of nitrogens with two attached hydrogens (primary N) is 1. The van der Waals surface area contributed by atoms with Crippen LogP contribution in [0, 0.1) is 0 Å². The van der Waals surface area contributed by atoms with Crippen molar-refractivity contribution in [3.8, 4) is 0 Å². The van der Waals surface area contributed by atoms with Crippen molar-refractivity contribution in [2.24, 2.45) is 12.8 Å². The Bertz CT molecular complexity index is 290. The molecule has 0 fully saturated rings. The van der Waals surface area contributed by atoms with Gasteiger partial charge in [-0.25, -0.2) is 4.98 Å². The molecule has 1 heterocycles. The lowest BCUT2D eigenvalue weighted by Gasteiger charge is -2.21. The molecule has 0 saturated carbocycles. The molecule has 1 aromatic rings. The molecule has 3 nitrogen and oxygen atoms in total. The van der Waals surface area contributed by atoms with Crippen molar-refractivity contribution in [1.29, 1.82) is 0 Å². The molecule has 1 aromatic heterocycles. The third-order valence-corrected chi connectivity index (χ3v) is 2.96. The van der Waals surface area contributed by atoms with Gasteiger partial charge in [0.1, 0.15) is 0 Å². The predicted octanol–water partition coefficient (Wildman–Crippen LogP) is 1.19. The van der Waals surface area contributed by atoms with E-state index in [1.165, 1.54) is 30.7 Å². The normalized spacial score (nSPS) is 21.5. The first-order valence-electron chi connectivity index (χ1n) is 5.03. The summed E-state index contributed by atoms with van der Waals surface area (Å²) in [5.74, 6) is 0.620. The van der Waals surface area contributed by atoms with E-state index >= 15 is 0 Å². The molecular weight excluding hydrogens is 162 g/mol. The number of hydrogen-bond donors (Lipinski definition) is 1. The maximum absolute atomic E-state index is 5.59. The molecule has 1 aliphatic carbocycles. The maximum Gasteiger partial charge on any atom is 0.0949 e. The standard InChI is InChI=1S/C10H17N3/c1-13-7-12-10-8(5-6-11)3-2-4-9(10)13/h7-8H,2-6,11H2,1H3/t8-/m1/s1. The quantitative estimate of drug-likeness (QED) is 0.741. The molecule has 0 saturated heterocycles. The number of nitrogens with zero attached hydrogens (tertiary/aromatic N) is 2. The molecule has 3 heteroatoms. The molecule has 1 aliphatic rings. The van der Waals surface area contributed by atoms with Crippen molar-refractivity contribution in [3.63, 3.8) is 0 Å². The zero-order valence-electron chi connectivity index (χ0n) is 8.16. The van der Waals surface area contributed by atoms with Gasteiger partial charge in [-0.3, -0.25) is 0 Å². The lowest BCUT2D eigenvalue weighted by atomic mass is 9.87. The van der Waals surface area contributed by atoms with Gasteiger partial charge in [-0.05, 0) is 32.2 Å². The lowest BCUT2D eigenvalue weighted by Crippen LogP contribution is -2.15. The summed E-state index contributed by atoms with van der Waals surface area (Å²) in [5, 5.41) is 0. The summed E-state index contributed by atoms with van der Waals surface area (Å²) in [6.45, 7) is 0.778. The van der Waals surface area contributed by atoms with Crippen LogP contribution in [0.5, 0.6) is 0 Å². The number of aryl methyl sites for hydroxylation is 1. The molecule has 2 rings (SSSR count). The Kier molecular flexibility index (Phi) is 2.36. The molecule has 2 N–H and O–H groups in total. The lowest BCUT2D eigenvalue weighted by molar-refractivity contribution is 0.507. The van der Waals surface area contributed by atoms with Crippen LogP contribution in [0.15, 0.2) is 6.33 Å². The van der Waals surface area contributed by atoms with Gasteiger partial charge in [0.2, 0.25) is 0 Å². The molecule has 0 spiro atoms. The SMILES string of the molecule is Cn1cnc2c1CCC[C@@H]2CCN. The number of imidazole rings is 1. The Labute approximate surface area is 79.0 Å². The zero-order chi connectivity index (χ0) is 9.26. The molecule has 72 valence electrons. The van der Waals surface area contributed by atoms with E-state index in [9.17, 15) is 0 Å². The van der Waals surface area contributed by atoms with Crippen molar-refractivity contribution in [2.75, 3.05) is 6.54 Å². The second-order valence-electron chi connectivity index (χ2n) is 3.85. The van der Waals surface area contributed by atoms with Crippen LogP contribution in [-0.4, -0.2) is 16.1 Å². The second kappa shape index (κ2) is 3.50. The molecular formula is C10H17N3. The molecule has 0 bridgehead atoms. The van der Waals surface area contributed by atoms with Crippen LogP contribution in [0.2, 0.25) is 0 Å². The Morgan fingerprint density at radius 1 is 1.69 bits per heavy atom. The molecule has 1 atom stereocenters. The van der Waals surface area contributed by atoms with Gasteiger partial charge in [-0.1, -0.05) is 0 Å². The third kappa shape index (κ3) is 1.48. The summed E-state index contributed by atoms with van der Waals surface area (Å²) in [5.41, 5.74) is 8.31. The van der Waals surface area contributed by atoms with Crippen molar-refractivity contribution < 1.29 is 0 Å². The molecule has 0 aliphatic heterocycles. The van der Waals surface area contributed by atoms with Gasteiger partial charge in [0, 0.05) is 18.7 Å². The molecule has 0 amide bonds. The van der Waals surface area contributed by atoms with E-state index in [2.05, 4.69) is 16.6 Å². The van der Waals surface area contributed by atoms with Crippen LogP contribution in [0.3, 0.4) is 0 Å². The van der Waals surface area contributed by atoms with Gasteiger partial charge in [0.15, 0.2) is 0 Å². The van der Waals surface area contributed by atoms with Crippen molar-refractivity contribution in [3.05, 3.63) is 17.7 Å². The van der Waals surface area contributed by atoms with Crippen LogP contribution >= 0.6 is 0 Å². The Balaban J connectivity index is 2.27. The summed E-state index contributed by atoms with van der Waals surface area (Å²) in [7, 11) is 2.08. The van der Waals surface area contributed by atoms with Crippen LogP contribution < -0.4 is 5.73 Å². The Morgan fingerprint density at radius 2 is 2.54 bits per heavy atom. The average Bonchev–Trinajstić information content (AvgIpc) is 2.50. The maximum atomic E-state index is 5.59. The number of rotatable bonds is 2. The molecule has 13 heavy (non-hydrogen) atoms. The van der Waals surface area contributed by atoms with Gasteiger partial charge < -0.3 is 10.3 Å². The number of aromatic nitrogens is 2. The summed E-state index contributed by atoms with van der Waals surface area (Å²) in [6, 6.07) is 0. The van der Waals surface area contributed by atoms with Gasteiger partial charge in [-0.2, -0.15) is 0 Å². The van der Waals surface area contributed by atoms with Gasteiger partial charge >= 0.3 is 0 Å². The van der Waals surface area contributed by atoms with E-state index in [0.717, 1.165) is 13.0 Å². The zero-order valence-corrected chi connectivity index (χ0v) is 8.16. The van der Waals surface area contributed by atoms with Gasteiger partial charge in [0.25, 0.3) is 0 Å². The summed E-state index contributed by atoms with van der Waals surface area (Å²) in [4.78, 5) is 4.46. The van der Waals surface area contributed by atoms with Gasteiger partial charge in [0.05, 0.1) is 12.0 Å². The average molecular weight is 179 g/mol. The smallest absolute Gasteiger partial charge is 0.0949 e. The minimum atomic E-state index is 0.620. The molecule has 0 unspecified atom stereocenters. The van der Waals surface area contributed by atoms with E-state index < -0.39 is 0 Å². The highest BCUT2D eigenvalue weighted by Crippen LogP contribution is 2.31. The molecule has 0 radical (unpaired) electrons. The van der Waals surface area contributed by atoms with Crippen molar-refractivity contribution in [1.82, 2.24) is 9.55 Å². The Morgan fingerprint density at radius 3 is 3.31 bits per heavy atom. The minimum absolute atomic E-state index is 0.620. The fourth-order valence-corrected chi connectivity index (χ4v) is 2.25. The summed E-state index contributed by atoms with van der Waals surface area (Å²) in [6.07, 6.45) is 6.76. The third-order valence-electron chi connectivity index (χ3n) is 2.96. The largest absolute Gasteiger partial charge is 0.337 e. The number of fused-ring (bicyclic) bond motifs is 1. The van der Waals surface area contributed by atoms with E-state index in [4.69, 9.17) is 5.73 Å². The minimum Gasteiger partial charge on any atom is -0.337 e. The first kappa shape index (κ1) is 8.75. The summed E-state index contributed by atoms with van der Waals surface area (Å²) >= 11 is 0. The highest BCUT2D eigenvalue weighted by Gasteiger charge is 2.22. The fraction of sp³-hybridized carbons (Fsp3) is 0.700. The first-order chi connectivity index (χ1) is 6.33. The van der Waals surface area contributed by atoms with Crippen LogP contribution in [-0.2, 0) is 13.5 Å². The van der Waals surface area contributed by atoms with E-state index in [0.29, 0.717) is 5.92 Å². The molecule has 0 aromatic carbocycles.